The first-order valence-electron chi connectivity index (χ1n) is 11.5. The molecule has 182 valence electrons. The summed E-state index contributed by atoms with van der Waals surface area (Å²) in [5.74, 6) is -0.169. The molecule has 0 aliphatic rings. The monoisotopic (exact) mass is 483 g/mol. The van der Waals surface area contributed by atoms with Crippen LogP contribution in [-0.4, -0.2) is 36.4 Å². The standard InChI is InChI=1S/C26H25N7O3/c1-4-33-15-23(24(31-33)26(35)27-13-17-8-7-11-36-17)30-25(34)19-12-22(20-14-28-32(3)16(20)2)29-21-10-6-5-9-18(19)21/h5-12,14-15H,4,13H2,1-3H3,(H,27,35)(H,30,34). The quantitative estimate of drug-likeness (QED) is 0.362. The zero-order chi connectivity index (χ0) is 25.2. The van der Waals surface area contributed by atoms with Gasteiger partial charge in [0.15, 0.2) is 5.69 Å². The number of benzene rings is 1. The number of amides is 2. The van der Waals surface area contributed by atoms with Gasteiger partial charge in [-0.15, -0.1) is 0 Å². The van der Waals surface area contributed by atoms with Crippen LogP contribution in [0.5, 0.6) is 0 Å². The molecule has 0 saturated carbocycles. The Hall–Kier alpha value is -4.73. The zero-order valence-electron chi connectivity index (χ0n) is 20.1. The van der Waals surface area contributed by atoms with Gasteiger partial charge in [-0.2, -0.15) is 10.2 Å². The summed E-state index contributed by atoms with van der Waals surface area (Å²) in [6.45, 7) is 4.60. The maximum absolute atomic E-state index is 13.6. The van der Waals surface area contributed by atoms with Crippen LogP contribution in [0.25, 0.3) is 22.2 Å². The smallest absolute Gasteiger partial charge is 0.274 e. The van der Waals surface area contributed by atoms with Crippen LogP contribution in [0.1, 0.15) is 39.2 Å². The lowest BCUT2D eigenvalue weighted by Crippen LogP contribution is -2.25. The van der Waals surface area contributed by atoms with Crippen LogP contribution in [0, 0.1) is 6.92 Å². The second-order valence-electron chi connectivity index (χ2n) is 8.30. The molecule has 0 bridgehead atoms. The van der Waals surface area contributed by atoms with Gasteiger partial charge in [0.05, 0.1) is 41.5 Å². The number of pyridine rings is 1. The van der Waals surface area contributed by atoms with Gasteiger partial charge < -0.3 is 15.1 Å². The van der Waals surface area contributed by atoms with E-state index in [9.17, 15) is 9.59 Å². The topological polar surface area (TPSA) is 120 Å². The molecule has 0 aliphatic carbocycles. The maximum atomic E-state index is 13.6. The molecule has 4 heterocycles. The lowest BCUT2D eigenvalue weighted by molar-refractivity contribution is 0.0943. The van der Waals surface area contributed by atoms with E-state index in [0.29, 0.717) is 40.2 Å². The van der Waals surface area contributed by atoms with Crippen molar-refractivity contribution in [1.29, 1.82) is 0 Å². The van der Waals surface area contributed by atoms with E-state index in [2.05, 4.69) is 20.8 Å². The number of carbonyl (C=O) groups excluding carboxylic acids is 2. The molecule has 2 N–H and O–H groups in total. The lowest BCUT2D eigenvalue weighted by atomic mass is 10.0. The Balaban J connectivity index is 1.49. The number of para-hydroxylation sites is 1. The third kappa shape index (κ3) is 4.36. The summed E-state index contributed by atoms with van der Waals surface area (Å²) in [6, 6.07) is 12.7. The molecular formula is C26H25N7O3. The normalized spacial score (nSPS) is 11.1. The molecule has 10 heteroatoms. The fourth-order valence-corrected chi connectivity index (χ4v) is 3.95. The van der Waals surface area contributed by atoms with E-state index in [-0.39, 0.29) is 18.1 Å². The fourth-order valence-electron chi connectivity index (χ4n) is 3.95. The number of aromatic nitrogens is 5. The number of nitrogens with zero attached hydrogens (tertiary/aromatic N) is 5. The molecule has 4 aromatic heterocycles. The van der Waals surface area contributed by atoms with Crippen molar-refractivity contribution in [2.45, 2.75) is 26.9 Å². The predicted molar refractivity (Wildman–Crippen MR) is 134 cm³/mol. The van der Waals surface area contributed by atoms with E-state index in [1.165, 1.54) is 0 Å². The lowest BCUT2D eigenvalue weighted by Gasteiger charge is -2.11. The van der Waals surface area contributed by atoms with Crippen LogP contribution in [0.2, 0.25) is 0 Å². The summed E-state index contributed by atoms with van der Waals surface area (Å²) >= 11 is 0. The van der Waals surface area contributed by atoms with Gasteiger partial charge in [0.25, 0.3) is 11.8 Å². The summed E-state index contributed by atoms with van der Waals surface area (Å²) in [5, 5.41) is 15.0. The molecular weight excluding hydrogens is 458 g/mol. The molecule has 5 rings (SSSR count). The molecule has 0 unspecified atom stereocenters. The van der Waals surface area contributed by atoms with Gasteiger partial charge in [-0.3, -0.25) is 19.0 Å². The highest BCUT2D eigenvalue weighted by Gasteiger charge is 2.21. The highest BCUT2D eigenvalue weighted by atomic mass is 16.3. The van der Waals surface area contributed by atoms with Gasteiger partial charge in [-0.25, -0.2) is 4.98 Å². The molecule has 1 aromatic carbocycles. The number of nitrogens with one attached hydrogen (secondary N) is 2. The number of rotatable bonds is 7. The van der Waals surface area contributed by atoms with E-state index >= 15 is 0 Å². The number of aryl methyl sites for hydroxylation is 2. The largest absolute Gasteiger partial charge is 0.467 e. The molecule has 10 nitrogen and oxygen atoms in total. The zero-order valence-corrected chi connectivity index (χ0v) is 20.1. The minimum atomic E-state index is -0.417. The van der Waals surface area contributed by atoms with Gasteiger partial charge >= 0.3 is 0 Å². The SMILES string of the molecule is CCn1cc(NC(=O)c2cc(-c3cnn(C)c3C)nc3ccccc23)c(C(=O)NCc2ccco2)n1. The van der Waals surface area contributed by atoms with Crippen LogP contribution in [0.15, 0.2) is 65.5 Å². The van der Waals surface area contributed by atoms with Crippen molar-refractivity contribution in [3.8, 4) is 11.3 Å². The van der Waals surface area contributed by atoms with Crippen LogP contribution < -0.4 is 10.6 Å². The molecule has 5 aromatic rings. The molecule has 36 heavy (non-hydrogen) atoms. The molecule has 0 spiro atoms. The average Bonchev–Trinajstić information content (AvgIpc) is 3.63. The Labute approximate surface area is 206 Å². The van der Waals surface area contributed by atoms with E-state index in [1.54, 1.807) is 46.2 Å². The molecule has 0 fully saturated rings. The molecule has 0 saturated heterocycles. The Morgan fingerprint density at radius 2 is 1.94 bits per heavy atom. The Morgan fingerprint density at radius 1 is 1.11 bits per heavy atom. The van der Waals surface area contributed by atoms with Crippen molar-refractivity contribution in [2.24, 2.45) is 7.05 Å². The summed E-state index contributed by atoms with van der Waals surface area (Å²) in [6.07, 6.45) is 4.93. The minimum absolute atomic E-state index is 0.124. The van der Waals surface area contributed by atoms with Crippen LogP contribution >= 0.6 is 0 Å². The average molecular weight is 484 g/mol. The predicted octanol–water partition coefficient (Wildman–Crippen LogP) is 3.94. The second kappa shape index (κ2) is 9.49. The Kier molecular flexibility index (Phi) is 6.07. The second-order valence-corrected chi connectivity index (χ2v) is 8.30. The molecule has 0 atom stereocenters. The molecule has 2 amide bonds. The van der Waals surface area contributed by atoms with Crippen molar-refractivity contribution < 1.29 is 14.0 Å². The van der Waals surface area contributed by atoms with Gasteiger partial charge in [-0.1, -0.05) is 18.2 Å². The van der Waals surface area contributed by atoms with Gasteiger partial charge in [0.1, 0.15) is 5.76 Å². The number of hydrogen-bond acceptors (Lipinski definition) is 6. The van der Waals surface area contributed by atoms with Crippen molar-refractivity contribution in [1.82, 2.24) is 29.9 Å². The van der Waals surface area contributed by atoms with E-state index in [0.717, 1.165) is 11.3 Å². The summed E-state index contributed by atoms with van der Waals surface area (Å²) < 4.78 is 8.64. The summed E-state index contributed by atoms with van der Waals surface area (Å²) in [4.78, 5) is 31.2. The number of furan rings is 1. The summed E-state index contributed by atoms with van der Waals surface area (Å²) in [7, 11) is 1.86. The van der Waals surface area contributed by atoms with Gasteiger partial charge in [-0.05, 0) is 38.1 Å². The number of fused-ring (bicyclic) bond motifs is 1. The van der Waals surface area contributed by atoms with Crippen LogP contribution in [0.4, 0.5) is 5.69 Å². The molecule has 0 radical (unpaired) electrons. The minimum Gasteiger partial charge on any atom is -0.467 e. The fraction of sp³-hybridized carbons (Fsp3) is 0.192. The van der Waals surface area contributed by atoms with Crippen molar-refractivity contribution in [2.75, 3.05) is 5.32 Å². The van der Waals surface area contributed by atoms with E-state index in [1.807, 2.05) is 45.2 Å². The van der Waals surface area contributed by atoms with Gasteiger partial charge in [0.2, 0.25) is 0 Å². The first-order chi connectivity index (χ1) is 17.4. The Morgan fingerprint density at radius 3 is 2.67 bits per heavy atom. The van der Waals surface area contributed by atoms with Gasteiger partial charge in [0, 0.05) is 36.4 Å². The van der Waals surface area contributed by atoms with Crippen LogP contribution in [0.3, 0.4) is 0 Å². The first kappa shape index (κ1) is 23.0. The molecule has 0 aliphatic heterocycles. The third-order valence-corrected chi connectivity index (χ3v) is 6.02. The first-order valence-corrected chi connectivity index (χ1v) is 11.5. The third-order valence-electron chi connectivity index (χ3n) is 6.02. The van der Waals surface area contributed by atoms with Crippen molar-refractivity contribution in [3.63, 3.8) is 0 Å². The number of hydrogen-bond donors (Lipinski definition) is 2. The van der Waals surface area contributed by atoms with Crippen molar-refractivity contribution in [3.05, 3.63) is 83.8 Å². The highest BCUT2D eigenvalue weighted by molar-refractivity contribution is 6.14. The Bertz CT molecular complexity index is 1560. The number of anilines is 1. The summed E-state index contributed by atoms with van der Waals surface area (Å²) in [5.41, 5.74) is 3.98. The van der Waals surface area contributed by atoms with E-state index in [4.69, 9.17) is 9.40 Å². The highest BCUT2D eigenvalue weighted by Crippen LogP contribution is 2.27. The number of carbonyl (C=O) groups is 2. The maximum Gasteiger partial charge on any atom is 0.274 e. The van der Waals surface area contributed by atoms with Crippen LogP contribution in [-0.2, 0) is 20.1 Å². The van der Waals surface area contributed by atoms with Crippen molar-refractivity contribution >= 4 is 28.4 Å². The van der Waals surface area contributed by atoms with E-state index < -0.39 is 5.91 Å².